The molecule has 0 radical (unpaired) electrons. The van der Waals surface area contributed by atoms with Crippen molar-refractivity contribution in [3.05, 3.63) is 72.7 Å². The lowest BCUT2D eigenvalue weighted by atomic mass is 10.2. The van der Waals surface area contributed by atoms with Crippen molar-refractivity contribution < 1.29 is 32.3 Å². The molecule has 2 aromatic heterocycles. The van der Waals surface area contributed by atoms with Crippen LogP contribution >= 0.6 is 0 Å². The molecule has 10 nitrogen and oxygen atoms in total. The number of nitrogens with zero attached hydrogens (tertiary/aromatic N) is 4. The highest BCUT2D eigenvalue weighted by molar-refractivity contribution is 5.80. The van der Waals surface area contributed by atoms with Gasteiger partial charge in [-0.2, -0.15) is 13.2 Å². The number of carboxylic acid groups (broad SMARTS) is 1. The molecule has 0 saturated carbocycles. The molecule has 0 aliphatic heterocycles. The van der Waals surface area contributed by atoms with Crippen molar-refractivity contribution in [2.45, 2.75) is 25.7 Å². The van der Waals surface area contributed by atoms with E-state index in [1.54, 1.807) is 19.4 Å². The van der Waals surface area contributed by atoms with Crippen LogP contribution in [0.1, 0.15) is 12.5 Å². The molecule has 4 N–H and O–H groups in total. The van der Waals surface area contributed by atoms with Crippen LogP contribution in [0.4, 0.5) is 13.2 Å². The number of carbonyl (C=O) groups excluding carboxylic acids is 1. The summed E-state index contributed by atoms with van der Waals surface area (Å²) in [7, 11) is 0. The fraction of sp³-hybridized carbons (Fsp3) is 0.174. The summed E-state index contributed by atoms with van der Waals surface area (Å²) in [5.74, 6) is -2.14. The van der Waals surface area contributed by atoms with E-state index in [-0.39, 0.29) is 5.91 Å². The number of rotatable bonds is 6. The second-order valence-corrected chi connectivity index (χ2v) is 7.41. The SMILES string of the molecule is C[C@H](N)C(=O)NCc1cccc(-n2cncc2-c2nnc(-c3ccccc3)o2)c1.O=C(O)C(F)(F)F. The summed E-state index contributed by atoms with van der Waals surface area (Å²) in [5.41, 5.74) is 8.92. The molecule has 36 heavy (non-hydrogen) atoms. The number of hydrogen-bond acceptors (Lipinski definition) is 7. The van der Waals surface area contributed by atoms with Crippen LogP contribution in [0.5, 0.6) is 0 Å². The molecule has 1 amide bonds. The summed E-state index contributed by atoms with van der Waals surface area (Å²) < 4.78 is 39.5. The Kier molecular flexibility index (Phi) is 8.17. The van der Waals surface area contributed by atoms with Gasteiger partial charge >= 0.3 is 12.1 Å². The molecule has 4 rings (SSSR count). The summed E-state index contributed by atoms with van der Waals surface area (Å²) >= 11 is 0. The van der Waals surface area contributed by atoms with Crippen LogP contribution < -0.4 is 11.1 Å². The van der Waals surface area contributed by atoms with Crippen LogP contribution in [-0.4, -0.2) is 48.9 Å². The fourth-order valence-corrected chi connectivity index (χ4v) is 2.85. The van der Waals surface area contributed by atoms with E-state index >= 15 is 0 Å². The highest BCUT2D eigenvalue weighted by Gasteiger charge is 2.38. The molecule has 1 atom stereocenters. The van der Waals surface area contributed by atoms with Crippen molar-refractivity contribution in [3.8, 4) is 28.7 Å². The lowest BCUT2D eigenvalue weighted by Crippen LogP contribution is -2.37. The van der Waals surface area contributed by atoms with Crippen LogP contribution in [-0.2, 0) is 16.1 Å². The Labute approximate surface area is 202 Å². The minimum Gasteiger partial charge on any atom is -0.475 e. The summed E-state index contributed by atoms with van der Waals surface area (Å²) in [6, 6.07) is 16.8. The van der Waals surface area contributed by atoms with Crippen LogP contribution in [0.15, 0.2) is 71.5 Å². The van der Waals surface area contributed by atoms with E-state index in [2.05, 4.69) is 20.5 Å². The van der Waals surface area contributed by atoms with Crippen LogP contribution in [0.3, 0.4) is 0 Å². The van der Waals surface area contributed by atoms with Gasteiger partial charge in [-0.1, -0.05) is 30.3 Å². The lowest BCUT2D eigenvalue weighted by Gasteiger charge is -2.10. The molecule has 0 spiro atoms. The smallest absolute Gasteiger partial charge is 0.475 e. The number of hydrogen-bond donors (Lipinski definition) is 3. The first-order valence-electron chi connectivity index (χ1n) is 10.4. The minimum absolute atomic E-state index is 0.196. The lowest BCUT2D eigenvalue weighted by molar-refractivity contribution is -0.192. The maximum atomic E-state index is 11.7. The molecule has 188 valence electrons. The molecule has 4 aromatic rings. The topological polar surface area (TPSA) is 149 Å². The van der Waals surface area contributed by atoms with Crippen LogP contribution in [0.25, 0.3) is 28.7 Å². The van der Waals surface area contributed by atoms with Gasteiger partial charge in [0, 0.05) is 17.8 Å². The Hall–Kier alpha value is -4.52. The van der Waals surface area contributed by atoms with Gasteiger partial charge in [-0.3, -0.25) is 9.36 Å². The van der Waals surface area contributed by atoms with Gasteiger partial charge in [0.1, 0.15) is 5.69 Å². The first-order valence-corrected chi connectivity index (χ1v) is 10.4. The van der Waals surface area contributed by atoms with Crippen LogP contribution in [0.2, 0.25) is 0 Å². The fourth-order valence-electron chi connectivity index (χ4n) is 2.85. The Balaban J connectivity index is 0.000000454. The molecule has 13 heteroatoms. The standard InChI is InChI=1S/C21H20N6O2.C2HF3O2/c1-14(22)19(28)24-11-15-6-5-9-17(10-15)27-13-23-12-18(27)21-26-25-20(29-21)16-7-3-2-4-8-16;3-2(4,5)1(6)7/h2-10,12-14H,11,22H2,1H3,(H,24,28);(H,6,7)/t14-;/m0./s1. The van der Waals surface area contributed by atoms with Gasteiger partial charge in [0.2, 0.25) is 11.8 Å². The zero-order valence-electron chi connectivity index (χ0n) is 18.8. The Morgan fingerprint density at radius 3 is 2.42 bits per heavy atom. The summed E-state index contributed by atoms with van der Waals surface area (Å²) in [5, 5.41) is 18.3. The van der Waals surface area contributed by atoms with Crippen molar-refractivity contribution in [1.82, 2.24) is 25.1 Å². The predicted molar refractivity (Wildman–Crippen MR) is 121 cm³/mol. The molecular weight excluding hydrogens is 481 g/mol. The van der Waals surface area contributed by atoms with E-state index in [0.717, 1.165) is 16.8 Å². The van der Waals surface area contributed by atoms with E-state index in [1.807, 2.05) is 59.2 Å². The molecule has 0 fully saturated rings. The Morgan fingerprint density at radius 1 is 1.11 bits per heavy atom. The number of amides is 1. The molecule has 2 aromatic carbocycles. The highest BCUT2D eigenvalue weighted by Crippen LogP contribution is 2.25. The molecule has 2 heterocycles. The summed E-state index contributed by atoms with van der Waals surface area (Å²) in [6.07, 6.45) is -1.73. The highest BCUT2D eigenvalue weighted by atomic mass is 19.4. The molecule has 0 unspecified atom stereocenters. The number of nitrogens with one attached hydrogen (secondary N) is 1. The first-order chi connectivity index (χ1) is 17.1. The molecule has 0 aliphatic rings. The molecular formula is C23H21F3N6O4. The molecule has 0 bridgehead atoms. The number of halogens is 3. The van der Waals surface area contributed by atoms with Crippen molar-refractivity contribution in [2.75, 3.05) is 0 Å². The van der Waals surface area contributed by atoms with Gasteiger partial charge in [-0.25, -0.2) is 9.78 Å². The van der Waals surface area contributed by atoms with Gasteiger partial charge < -0.3 is 20.6 Å². The largest absolute Gasteiger partial charge is 0.490 e. The number of nitrogens with two attached hydrogens (primary N) is 1. The average molecular weight is 502 g/mol. The third kappa shape index (κ3) is 6.76. The van der Waals surface area contributed by atoms with E-state index in [9.17, 15) is 18.0 Å². The maximum absolute atomic E-state index is 11.7. The normalized spacial score (nSPS) is 11.8. The number of carbonyl (C=O) groups is 2. The van der Waals surface area contributed by atoms with Gasteiger partial charge in [0.25, 0.3) is 5.89 Å². The van der Waals surface area contributed by atoms with Crippen molar-refractivity contribution in [1.29, 1.82) is 0 Å². The Morgan fingerprint density at radius 2 is 1.78 bits per heavy atom. The van der Waals surface area contributed by atoms with Crippen molar-refractivity contribution >= 4 is 11.9 Å². The predicted octanol–water partition coefficient (Wildman–Crippen LogP) is 3.19. The Bertz CT molecular complexity index is 1320. The third-order valence-electron chi connectivity index (χ3n) is 4.61. The zero-order valence-corrected chi connectivity index (χ0v) is 18.8. The van der Waals surface area contributed by atoms with E-state index < -0.39 is 18.2 Å². The molecule has 0 saturated heterocycles. The van der Waals surface area contributed by atoms with E-state index in [0.29, 0.717) is 24.0 Å². The quantitative estimate of drug-likeness (QED) is 0.364. The zero-order chi connectivity index (χ0) is 26.3. The number of carboxylic acids is 1. The van der Waals surface area contributed by atoms with Gasteiger partial charge in [0.05, 0.1) is 18.6 Å². The number of aromatic nitrogens is 4. The average Bonchev–Trinajstić information content (AvgIpc) is 3.53. The number of benzene rings is 2. The summed E-state index contributed by atoms with van der Waals surface area (Å²) in [6.45, 7) is 2.04. The summed E-state index contributed by atoms with van der Waals surface area (Å²) in [4.78, 5) is 24.8. The number of aliphatic carboxylic acids is 1. The van der Waals surface area contributed by atoms with Gasteiger partial charge in [-0.15, -0.1) is 10.2 Å². The van der Waals surface area contributed by atoms with Crippen LogP contribution in [0, 0.1) is 0 Å². The third-order valence-corrected chi connectivity index (χ3v) is 4.61. The monoisotopic (exact) mass is 502 g/mol. The second kappa shape index (κ2) is 11.3. The van der Waals surface area contributed by atoms with Gasteiger partial charge in [0.15, 0.2) is 0 Å². The van der Waals surface area contributed by atoms with Crippen molar-refractivity contribution in [3.63, 3.8) is 0 Å². The van der Waals surface area contributed by atoms with Crippen molar-refractivity contribution in [2.24, 2.45) is 5.73 Å². The maximum Gasteiger partial charge on any atom is 0.490 e. The van der Waals surface area contributed by atoms with E-state index in [4.69, 9.17) is 20.1 Å². The first kappa shape index (κ1) is 26.1. The minimum atomic E-state index is -5.08. The molecule has 0 aliphatic carbocycles. The number of alkyl halides is 3. The van der Waals surface area contributed by atoms with E-state index in [1.165, 1.54) is 0 Å². The second-order valence-electron chi connectivity index (χ2n) is 7.41. The number of imidazole rings is 1. The van der Waals surface area contributed by atoms with Gasteiger partial charge in [-0.05, 0) is 36.8 Å².